The van der Waals surface area contributed by atoms with Crippen molar-refractivity contribution in [2.75, 3.05) is 7.11 Å². The summed E-state index contributed by atoms with van der Waals surface area (Å²) in [6.45, 7) is 1.44. The summed E-state index contributed by atoms with van der Waals surface area (Å²) >= 11 is 0. The molecule has 2 rings (SSSR count). The molecule has 0 aromatic heterocycles. The summed E-state index contributed by atoms with van der Waals surface area (Å²) in [5.74, 6) is -1.09. The molecule has 5 heteroatoms. The zero-order valence-corrected chi connectivity index (χ0v) is 11.0. The number of ether oxygens (including phenoxy) is 1. The third kappa shape index (κ3) is 2.21. The lowest BCUT2D eigenvalue weighted by atomic mass is 9.77. The topological polar surface area (TPSA) is 75.6 Å². The maximum atomic E-state index is 12.1. The number of hydrogen-bond donors (Lipinski definition) is 2. The average molecular weight is 263 g/mol. The van der Waals surface area contributed by atoms with Gasteiger partial charge in [0.1, 0.15) is 5.60 Å². The van der Waals surface area contributed by atoms with E-state index in [1.54, 1.807) is 24.3 Å². The molecule has 1 saturated heterocycles. The normalized spacial score (nSPS) is 30.6. The Kier molecular flexibility index (Phi) is 3.32. The Labute approximate surface area is 111 Å². The van der Waals surface area contributed by atoms with E-state index in [2.05, 4.69) is 5.32 Å². The molecule has 1 amide bonds. The van der Waals surface area contributed by atoms with Gasteiger partial charge in [-0.25, -0.2) is 4.79 Å². The van der Waals surface area contributed by atoms with E-state index in [1.165, 1.54) is 14.0 Å². The molecule has 2 atom stereocenters. The number of carbonyl (C=O) groups is 2. The smallest absolute Gasteiger partial charge is 0.336 e. The number of rotatable bonds is 2. The molecular formula is C14H17NO4. The van der Waals surface area contributed by atoms with Crippen molar-refractivity contribution in [2.45, 2.75) is 30.9 Å². The van der Waals surface area contributed by atoms with Gasteiger partial charge in [0.2, 0.25) is 0 Å². The monoisotopic (exact) mass is 263 g/mol. The van der Waals surface area contributed by atoms with Crippen LogP contribution in [0.1, 0.15) is 25.3 Å². The van der Waals surface area contributed by atoms with Crippen molar-refractivity contribution in [3.05, 3.63) is 35.9 Å². The van der Waals surface area contributed by atoms with E-state index in [0.717, 1.165) is 0 Å². The van der Waals surface area contributed by atoms with Gasteiger partial charge in [0, 0.05) is 0 Å². The summed E-state index contributed by atoms with van der Waals surface area (Å²) in [5, 5.41) is 12.5. The van der Waals surface area contributed by atoms with E-state index in [9.17, 15) is 14.7 Å². The van der Waals surface area contributed by atoms with Crippen LogP contribution in [0.3, 0.4) is 0 Å². The van der Waals surface area contributed by atoms with Crippen LogP contribution in [-0.2, 0) is 19.9 Å². The van der Waals surface area contributed by atoms with Gasteiger partial charge in [-0.3, -0.25) is 4.79 Å². The van der Waals surface area contributed by atoms with Gasteiger partial charge in [-0.1, -0.05) is 30.3 Å². The number of nitrogens with one attached hydrogen (secondary N) is 1. The van der Waals surface area contributed by atoms with Gasteiger partial charge in [-0.15, -0.1) is 0 Å². The number of piperidine rings is 1. The summed E-state index contributed by atoms with van der Waals surface area (Å²) in [5.41, 5.74) is -2.01. The molecule has 2 N–H and O–H groups in total. The Hall–Kier alpha value is -1.88. The minimum atomic E-state index is -1.45. The maximum absolute atomic E-state index is 12.1. The number of methoxy groups -OCH3 is 1. The second-order valence-electron chi connectivity index (χ2n) is 4.99. The first-order valence-corrected chi connectivity index (χ1v) is 6.11. The summed E-state index contributed by atoms with van der Waals surface area (Å²) < 4.78 is 4.83. The minimum Gasteiger partial charge on any atom is -0.467 e. The molecule has 0 radical (unpaired) electrons. The largest absolute Gasteiger partial charge is 0.467 e. The molecule has 1 aromatic rings. The van der Waals surface area contributed by atoms with Gasteiger partial charge in [-0.05, 0) is 25.3 Å². The van der Waals surface area contributed by atoms with Gasteiger partial charge >= 0.3 is 5.97 Å². The number of benzene rings is 1. The fourth-order valence-electron chi connectivity index (χ4n) is 2.32. The van der Waals surface area contributed by atoms with Crippen molar-refractivity contribution in [3.8, 4) is 0 Å². The molecule has 1 aliphatic heterocycles. The molecule has 102 valence electrons. The van der Waals surface area contributed by atoms with Gasteiger partial charge < -0.3 is 15.2 Å². The van der Waals surface area contributed by atoms with Crippen molar-refractivity contribution >= 4 is 11.9 Å². The fraction of sp³-hybridized carbons (Fsp3) is 0.429. The van der Waals surface area contributed by atoms with Gasteiger partial charge in [0.25, 0.3) is 5.91 Å². The fourth-order valence-corrected chi connectivity index (χ4v) is 2.32. The number of esters is 1. The van der Waals surface area contributed by atoms with Gasteiger partial charge in [0.15, 0.2) is 5.54 Å². The molecule has 1 heterocycles. The van der Waals surface area contributed by atoms with Crippen LogP contribution < -0.4 is 5.32 Å². The minimum absolute atomic E-state index is 0.197. The summed E-state index contributed by atoms with van der Waals surface area (Å²) in [7, 11) is 1.28. The number of carbonyl (C=O) groups excluding carboxylic acids is 2. The van der Waals surface area contributed by atoms with Crippen LogP contribution in [0.5, 0.6) is 0 Å². The zero-order chi connectivity index (χ0) is 14.1. The van der Waals surface area contributed by atoms with Crippen LogP contribution in [0.4, 0.5) is 0 Å². The molecule has 5 nitrogen and oxygen atoms in total. The predicted molar refractivity (Wildman–Crippen MR) is 68.1 cm³/mol. The lowest BCUT2D eigenvalue weighted by Crippen LogP contribution is -2.62. The van der Waals surface area contributed by atoms with E-state index in [0.29, 0.717) is 12.0 Å². The van der Waals surface area contributed by atoms with Gasteiger partial charge in [0.05, 0.1) is 7.11 Å². The molecule has 0 unspecified atom stereocenters. The van der Waals surface area contributed by atoms with E-state index in [1.807, 2.05) is 6.07 Å². The van der Waals surface area contributed by atoms with Crippen molar-refractivity contribution in [1.82, 2.24) is 5.32 Å². The number of hydrogen-bond acceptors (Lipinski definition) is 4. The Balaban J connectivity index is 2.44. The maximum Gasteiger partial charge on any atom is 0.336 e. The molecule has 0 saturated carbocycles. The van der Waals surface area contributed by atoms with E-state index >= 15 is 0 Å². The third-order valence-corrected chi connectivity index (χ3v) is 3.60. The van der Waals surface area contributed by atoms with Crippen molar-refractivity contribution < 1.29 is 19.4 Å². The van der Waals surface area contributed by atoms with Crippen molar-refractivity contribution in [2.24, 2.45) is 0 Å². The third-order valence-electron chi connectivity index (χ3n) is 3.60. The Morgan fingerprint density at radius 3 is 2.47 bits per heavy atom. The van der Waals surface area contributed by atoms with E-state index in [4.69, 9.17) is 4.74 Å². The quantitative estimate of drug-likeness (QED) is 0.771. The predicted octanol–water partition coefficient (Wildman–Crippen LogP) is 0.716. The molecule has 1 fully saturated rings. The Morgan fingerprint density at radius 2 is 1.95 bits per heavy atom. The Morgan fingerprint density at radius 1 is 1.32 bits per heavy atom. The van der Waals surface area contributed by atoms with Crippen LogP contribution in [0.15, 0.2) is 30.3 Å². The highest BCUT2D eigenvalue weighted by Crippen LogP contribution is 2.35. The molecule has 1 aromatic carbocycles. The zero-order valence-electron chi connectivity index (χ0n) is 11.0. The van der Waals surface area contributed by atoms with E-state index < -0.39 is 23.0 Å². The first kappa shape index (κ1) is 13.5. The highest BCUT2D eigenvalue weighted by Gasteiger charge is 2.51. The van der Waals surface area contributed by atoms with Crippen molar-refractivity contribution in [1.29, 1.82) is 0 Å². The lowest BCUT2D eigenvalue weighted by molar-refractivity contribution is -0.161. The second kappa shape index (κ2) is 4.66. The van der Waals surface area contributed by atoms with Crippen molar-refractivity contribution in [3.63, 3.8) is 0 Å². The summed E-state index contributed by atoms with van der Waals surface area (Å²) in [6.07, 6.45) is 0.491. The molecule has 0 bridgehead atoms. The molecular weight excluding hydrogens is 246 g/mol. The SMILES string of the molecule is COC(=O)[C@@]1(c2ccccc2)CC[C@@](C)(O)C(=O)N1. The van der Waals surface area contributed by atoms with Crippen LogP contribution in [0, 0.1) is 0 Å². The highest BCUT2D eigenvalue weighted by atomic mass is 16.5. The molecule has 0 aliphatic carbocycles. The average Bonchev–Trinajstić information content (AvgIpc) is 2.42. The van der Waals surface area contributed by atoms with Crippen LogP contribution in [-0.4, -0.2) is 29.7 Å². The standard InChI is InChI=1S/C14H17NO4/c1-13(18)8-9-14(12(17)19-2,15-11(13)16)10-6-4-3-5-7-10/h3-7,18H,8-9H2,1-2H3,(H,15,16)/t13-,14+/m1/s1. The second-order valence-corrected chi connectivity index (χ2v) is 4.99. The van der Waals surface area contributed by atoms with Crippen LogP contribution >= 0.6 is 0 Å². The Bertz CT molecular complexity index is 497. The number of amides is 1. The van der Waals surface area contributed by atoms with Crippen LogP contribution in [0.2, 0.25) is 0 Å². The van der Waals surface area contributed by atoms with Gasteiger partial charge in [-0.2, -0.15) is 0 Å². The highest BCUT2D eigenvalue weighted by molar-refractivity contribution is 5.94. The first-order chi connectivity index (χ1) is 8.92. The molecule has 0 spiro atoms. The first-order valence-electron chi connectivity index (χ1n) is 6.11. The summed E-state index contributed by atoms with van der Waals surface area (Å²) in [6, 6.07) is 8.93. The summed E-state index contributed by atoms with van der Waals surface area (Å²) in [4.78, 5) is 24.1. The molecule has 1 aliphatic rings. The van der Waals surface area contributed by atoms with E-state index in [-0.39, 0.29) is 6.42 Å². The molecule has 19 heavy (non-hydrogen) atoms. The lowest BCUT2D eigenvalue weighted by Gasteiger charge is -2.41. The van der Waals surface area contributed by atoms with Crippen LogP contribution in [0.25, 0.3) is 0 Å². The number of aliphatic hydroxyl groups is 1.